The Balaban J connectivity index is 2.38. The van der Waals surface area contributed by atoms with E-state index < -0.39 is 19.0 Å². The molecule has 2 rings (SSSR count). The second-order valence-corrected chi connectivity index (χ2v) is 6.91. The van der Waals surface area contributed by atoms with Gasteiger partial charge >= 0.3 is 12.9 Å². The summed E-state index contributed by atoms with van der Waals surface area (Å²) >= 11 is 5.07. The summed E-state index contributed by atoms with van der Waals surface area (Å²) in [5.41, 5.74) is 0.632. The molecule has 1 unspecified atom stereocenters. The lowest BCUT2D eigenvalue weighted by Gasteiger charge is -2.28. The molecule has 0 heterocycles. The van der Waals surface area contributed by atoms with Crippen LogP contribution in [-0.4, -0.2) is 24.0 Å². The molecule has 0 saturated heterocycles. The maximum atomic E-state index is 11.9. The number of rotatable bonds is 5. The van der Waals surface area contributed by atoms with E-state index in [4.69, 9.17) is 21.0 Å². The Morgan fingerprint density at radius 2 is 1.91 bits per heavy atom. The molecule has 0 saturated carbocycles. The van der Waals surface area contributed by atoms with Crippen LogP contribution in [0.5, 0.6) is 0 Å². The van der Waals surface area contributed by atoms with Gasteiger partial charge in [-0.2, -0.15) is 0 Å². The Morgan fingerprint density at radius 3 is 2.55 bits per heavy atom. The number of hydrogen-bond acceptors (Lipinski definition) is 5. The van der Waals surface area contributed by atoms with Crippen molar-refractivity contribution in [2.24, 2.45) is 0 Å². The second kappa shape index (κ2) is 6.67. The van der Waals surface area contributed by atoms with E-state index in [1.165, 1.54) is 19.1 Å². The molecule has 118 valence electrons. The van der Waals surface area contributed by atoms with Gasteiger partial charge in [-0.05, 0) is 18.4 Å². The molecule has 0 spiro atoms. The molecule has 8 heteroatoms. The smallest absolute Gasteiger partial charge is 0.379 e. The molecule has 0 amide bonds. The van der Waals surface area contributed by atoms with Crippen molar-refractivity contribution in [3.63, 3.8) is 0 Å². The van der Waals surface area contributed by atoms with Gasteiger partial charge in [0.15, 0.2) is 6.04 Å². The molecule has 0 aromatic heterocycles. The SMILES string of the molecule is CON(c1cccc2ccccc12)[C@@H](C)C(=O)OP(=O)(O)Cl. The lowest BCUT2D eigenvalue weighted by molar-refractivity contribution is -0.137. The van der Waals surface area contributed by atoms with Crippen molar-refractivity contribution in [1.82, 2.24) is 0 Å². The van der Waals surface area contributed by atoms with Gasteiger partial charge in [0.2, 0.25) is 0 Å². The predicted octanol–water partition coefficient (Wildman–Crippen LogP) is 3.48. The normalized spacial score (nSPS) is 15.1. The first kappa shape index (κ1) is 16.8. The molecule has 0 fully saturated rings. The van der Waals surface area contributed by atoms with E-state index in [2.05, 4.69) is 4.52 Å². The number of fused-ring (bicyclic) bond motifs is 1. The highest BCUT2D eigenvalue weighted by Crippen LogP contribution is 2.48. The van der Waals surface area contributed by atoms with Crippen LogP contribution in [-0.2, 0) is 18.7 Å². The third kappa shape index (κ3) is 3.78. The molecule has 0 aliphatic carbocycles. The van der Waals surface area contributed by atoms with Gasteiger partial charge in [0.05, 0.1) is 12.8 Å². The molecule has 0 radical (unpaired) electrons. The van der Waals surface area contributed by atoms with Crippen LogP contribution in [0.15, 0.2) is 42.5 Å². The number of hydroxylamine groups is 1. The van der Waals surface area contributed by atoms with Gasteiger partial charge in [-0.3, -0.25) is 4.84 Å². The minimum absolute atomic E-state index is 0.632. The van der Waals surface area contributed by atoms with Gasteiger partial charge in [-0.25, -0.2) is 14.4 Å². The fourth-order valence-electron chi connectivity index (χ4n) is 2.15. The van der Waals surface area contributed by atoms with Crippen LogP contribution in [0.1, 0.15) is 6.92 Å². The highest BCUT2D eigenvalue weighted by atomic mass is 35.7. The Labute approximate surface area is 132 Å². The van der Waals surface area contributed by atoms with Gasteiger partial charge in [0.25, 0.3) is 0 Å². The Morgan fingerprint density at radius 1 is 1.27 bits per heavy atom. The quantitative estimate of drug-likeness (QED) is 0.661. The molecule has 1 N–H and O–H groups in total. The molecular formula is C14H15ClNO5P. The lowest BCUT2D eigenvalue weighted by Crippen LogP contribution is -2.39. The maximum Gasteiger partial charge on any atom is 0.476 e. The van der Waals surface area contributed by atoms with E-state index >= 15 is 0 Å². The van der Waals surface area contributed by atoms with Crippen molar-refractivity contribution in [3.05, 3.63) is 42.5 Å². The Kier molecular flexibility index (Phi) is 5.08. The number of carbonyl (C=O) groups is 1. The van der Waals surface area contributed by atoms with Crippen LogP contribution in [0.4, 0.5) is 5.69 Å². The fourth-order valence-corrected chi connectivity index (χ4v) is 2.73. The molecule has 0 aliphatic heterocycles. The molecule has 2 aromatic carbocycles. The average molecular weight is 344 g/mol. The van der Waals surface area contributed by atoms with Gasteiger partial charge in [0, 0.05) is 16.6 Å². The first-order valence-corrected chi connectivity index (χ1v) is 8.88. The highest BCUT2D eigenvalue weighted by molar-refractivity contribution is 7.80. The van der Waals surface area contributed by atoms with Gasteiger partial charge in [-0.1, -0.05) is 36.4 Å². The molecule has 0 aliphatic rings. The van der Waals surface area contributed by atoms with Crippen LogP contribution >= 0.6 is 18.2 Å². The zero-order chi connectivity index (χ0) is 16.3. The summed E-state index contributed by atoms with van der Waals surface area (Å²) in [6.45, 7) is -2.94. The molecule has 22 heavy (non-hydrogen) atoms. The Bertz CT molecular complexity index is 727. The first-order valence-electron chi connectivity index (χ1n) is 6.40. The number of benzene rings is 2. The summed E-state index contributed by atoms with van der Waals surface area (Å²) in [6.07, 6.45) is 0. The highest BCUT2D eigenvalue weighted by Gasteiger charge is 2.30. The second-order valence-electron chi connectivity index (χ2n) is 4.54. The van der Waals surface area contributed by atoms with E-state index in [-0.39, 0.29) is 0 Å². The standard InChI is InChI=1S/C14H15ClNO5P/c1-10(14(17)21-22(15,18)19)16(20-2)13-9-5-7-11-6-3-4-8-12(11)13/h3-10H,1-2H3,(H,18,19)/t10-/m0/s1. The molecule has 2 aromatic rings. The summed E-state index contributed by atoms with van der Waals surface area (Å²) in [5, 5.41) is 3.13. The van der Waals surface area contributed by atoms with Crippen LogP contribution in [0.25, 0.3) is 10.8 Å². The molecular weight excluding hydrogens is 329 g/mol. The average Bonchev–Trinajstić information content (AvgIpc) is 2.46. The minimum atomic E-state index is -4.43. The predicted molar refractivity (Wildman–Crippen MR) is 84.7 cm³/mol. The lowest BCUT2D eigenvalue weighted by atomic mass is 10.1. The van der Waals surface area contributed by atoms with E-state index in [1.807, 2.05) is 36.4 Å². The summed E-state index contributed by atoms with van der Waals surface area (Å²) < 4.78 is 15.3. The number of anilines is 1. The monoisotopic (exact) mass is 343 g/mol. The van der Waals surface area contributed by atoms with E-state index in [9.17, 15) is 9.36 Å². The summed E-state index contributed by atoms with van der Waals surface area (Å²) in [4.78, 5) is 26.1. The fraction of sp³-hybridized carbons (Fsp3) is 0.214. The molecule has 2 atom stereocenters. The van der Waals surface area contributed by atoms with E-state index in [1.54, 1.807) is 6.07 Å². The number of nitrogens with zero attached hydrogens (tertiary/aromatic N) is 1. The third-order valence-corrected chi connectivity index (χ3v) is 3.71. The van der Waals surface area contributed by atoms with Crippen LogP contribution in [0.2, 0.25) is 0 Å². The van der Waals surface area contributed by atoms with Gasteiger partial charge in [-0.15, -0.1) is 0 Å². The number of halogens is 1. The topological polar surface area (TPSA) is 76.1 Å². The van der Waals surface area contributed by atoms with Crippen molar-refractivity contribution in [1.29, 1.82) is 0 Å². The first-order chi connectivity index (χ1) is 10.3. The third-order valence-electron chi connectivity index (χ3n) is 3.10. The van der Waals surface area contributed by atoms with Crippen molar-refractivity contribution < 1.29 is 23.6 Å². The van der Waals surface area contributed by atoms with Crippen molar-refractivity contribution >= 4 is 40.6 Å². The zero-order valence-corrected chi connectivity index (χ0v) is 13.6. The van der Waals surface area contributed by atoms with Crippen LogP contribution in [0, 0.1) is 0 Å². The molecule has 6 nitrogen and oxygen atoms in total. The minimum Gasteiger partial charge on any atom is -0.379 e. The maximum absolute atomic E-state index is 11.9. The summed E-state index contributed by atoms with van der Waals surface area (Å²) in [5.74, 6) is -0.962. The Hall–Kier alpha value is -1.59. The van der Waals surface area contributed by atoms with Gasteiger partial charge in [0.1, 0.15) is 0 Å². The number of carbonyl (C=O) groups excluding carboxylic acids is 1. The molecule has 0 bridgehead atoms. The summed E-state index contributed by atoms with van der Waals surface area (Å²) in [7, 11) is 1.39. The largest absolute Gasteiger partial charge is 0.476 e. The van der Waals surface area contributed by atoms with Crippen molar-refractivity contribution in [2.75, 3.05) is 12.2 Å². The van der Waals surface area contributed by atoms with Crippen LogP contribution in [0.3, 0.4) is 0 Å². The summed E-state index contributed by atoms with van der Waals surface area (Å²) in [6, 6.07) is 12.1. The van der Waals surface area contributed by atoms with Crippen molar-refractivity contribution in [2.45, 2.75) is 13.0 Å². The number of hydrogen-bond donors (Lipinski definition) is 1. The van der Waals surface area contributed by atoms with Crippen molar-refractivity contribution in [3.8, 4) is 0 Å². The van der Waals surface area contributed by atoms with E-state index in [0.717, 1.165) is 10.8 Å². The zero-order valence-electron chi connectivity index (χ0n) is 12.0. The van der Waals surface area contributed by atoms with Gasteiger partial charge < -0.3 is 9.42 Å². The van der Waals surface area contributed by atoms with E-state index in [0.29, 0.717) is 5.69 Å². The van der Waals surface area contributed by atoms with Crippen LogP contribution < -0.4 is 5.06 Å².